The van der Waals surface area contributed by atoms with Crippen LogP contribution in [0.1, 0.15) is 39.3 Å². The van der Waals surface area contributed by atoms with E-state index < -0.39 is 0 Å². The second kappa shape index (κ2) is 3.61. The number of nitrogens with zero attached hydrogens (tertiary/aromatic N) is 3. The molecule has 0 aromatic carbocycles. The molecule has 0 bridgehead atoms. The smallest absolute Gasteiger partial charge is 0.180 e. The van der Waals surface area contributed by atoms with Gasteiger partial charge in [-0.05, 0) is 12.8 Å². The maximum Gasteiger partial charge on any atom is 0.180 e. The highest BCUT2D eigenvalue weighted by molar-refractivity contribution is 5.73. The first-order valence-corrected chi connectivity index (χ1v) is 5.36. The largest absolute Gasteiger partial charge is 0.342 e. The van der Waals surface area contributed by atoms with Crippen molar-refractivity contribution in [1.29, 1.82) is 0 Å². The van der Waals surface area contributed by atoms with Gasteiger partial charge in [0.2, 0.25) is 0 Å². The molecule has 0 amide bonds. The number of aromatic amines is 1. The summed E-state index contributed by atoms with van der Waals surface area (Å²) in [5.41, 5.74) is 2.92. The number of rotatable bonds is 3. The van der Waals surface area contributed by atoms with Gasteiger partial charge in [-0.25, -0.2) is 15.0 Å². The topological polar surface area (TPSA) is 54.5 Å². The van der Waals surface area contributed by atoms with Crippen LogP contribution in [0.5, 0.6) is 0 Å². The molecule has 15 heavy (non-hydrogen) atoms. The molecule has 0 unspecified atom stereocenters. The Labute approximate surface area is 89.2 Å². The van der Waals surface area contributed by atoms with Gasteiger partial charge in [0.15, 0.2) is 5.65 Å². The van der Waals surface area contributed by atoms with Crippen molar-refractivity contribution in [2.45, 2.75) is 39.0 Å². The van der Waals surface area contributed by atoms with Gasteiger partial charge in [-0.3, -0.25) is 0 Å². The van der Waals surface area contributed by atoms with Gasteiger partial charge in [0.25, 0.3) is 0 Å². The molecule has 2 aromatic heterocycles. The number of fused-ring (bicyclic) bond motifs is 1. The molecule has 0 aliphatic rings. The summed E-state index contributed by atoms with van der Waals surface area (Å²) in [5.74, 6) is 0. The quantitative estimate of drug-likeness (QED) is 0.835. The predicted octanol–water partition coefficient (Wildman–Crippen LogP) is 2.43. The molecule has 0 aliphatic heterocycles. The van der Waals surface area contributed by atoms with Crippen molar-refractivity contribution >= 4 is 11.2 Å². The summed E-state index contributed by atoms with van der Waals surface area (Å²) in [6.45, 7) is 6.61. The Balaban J connectivity index is 2.64. The van der Waals surface area contributed by atoms with Crippen LogP contribution in [0.15, 0.2) is 12.7 Å². The van der Waals surface area contributed by atoms with E-state index in [0.29, 0.717) is 0 Å². The molecular formula is C11H16N4. The molecule has 0 fully saturated rings. The number of hydrogen-bond acceptors (Lipinski definition) is 3. The second-order valence-electron chi connectivity index (χ2n) is 4.09. The standard InChI is InChI=1S/C11H16N4/c1-4-11(3,5-2)9-8-10(14-6-12-8)15-7-13-9/h6-7H,4-5H2,1-3H3,(H,12,13,14,15). The lowest BCUT2D eigenvalue weighted by Crippen LogP contribution is -2.21. The molecule has 2 rings (SSSR count). The monoisotopic (exact) mass is 204 g/mol. The highest BCUT2D eigenvalue weighted by Gasteiger charge is 2.27. The van der Waals surface area contributed by atoms with Crippen LogP contribution in [-0.4, -0.2) is 19.9 Å². The Kier molecular flexibility index (Phi) is 2.42. The third-order valence-electron chi connectivity index (χ3n) is 3.36. The van der Waals surface area contributed by atoms with Crippen LogP contribution in [0.3, 0.4) is 0 Å². The zero-order chi connectivity index (χ0) is 10.9. The van der Waals surface area contributed by atoms with Gasteiger partial charge in [0, 0.05) is 5.41 Å². The minimum atomic E-state index is 0.105. The van der Waals surface area contributed by atoms with E-state index in [1.165, 1.54) is 0 Å². The average Bonchev–Trinajstić information content (AvgIpc) is 2.75. The molecule has 0 radical (unpaired) electrons. The van der Waals surface area contributed by atoms with E-state index in [2.05, 4.69) is 40.7 Å². The summed E-state index contributed by atoms with van der Waals surface area (Å²) >= 11 is 0. The van der Waals surface area contributed by atoms with Crippen molar-refractivity contribution in [3.05, 3.63) is 18.3 Å². The van der Waals surface area contributed by atoms with Gasteiger partial charge < -0.3 is 4.98 Å². The summed E-state index contributed by atoms with van der Waals surface area (Å²) in [6.07, 6.45) is 5.40. The van der Waals surface area contributed by atoms with E-state index >= 15 is 0 Å². The molecule has 1 N–H and O–H groups in total. The van der Waals surface area contributed by atoms with E-state index in [1.807, 2.05) is 0 Å². The molecule has 2 aromatic rings. The first-order valence-electron chi connectivity index (χ1n) is 5.36. The summed E-state index contributed by atoms with van der Waals surface area (Å²) in [7, 11) is 0. The fourth-order valence-corrected chi connectivity index (χ4v) is 1.81. The minimum absolute atomic E-state index is 0.105. The van der Waals surface area contributed by atoms with Crippen molar-refractivity contribution in [2.75, 3.05) is 0 Å². The van der Waals surface area contributed by atoms with Crippen LogP contribution >= 0.6 is 0 Å². The van der Waals surface area contributed by atoms with Gasteiger partial charge in [-0.2, -0.15) is 0 Å². The van der Waals surface area contributed by atoms with Gasteiger partial charge >= 0.3 is 0 Å². The zero-order valence-electron chi connectivity index (χ0n) is 9.41. The third-order valence-corrected chi connectivity index (χ3v) is 3.36. The molecule has 80 valence electrons. The van der Waals surface area contributed by atoms with E-state index in [4.69, 9.17) is 0 Å². The molecule has 0 saturated carbocycles. The van der Waals surface area contributed by atoms with E-state index in [1.54, 1.807) is 12.7 Å². The number of imidazole rings is 1. The first kappa shape index (κ1) is 10.1. The molecule has 4 heteroatoms. The number of H-pyrrole nitrogens is 1. The van der Waals surface area contributed by atoms with Crippen molar-refractivity contribution in [3.63, 3.8) is 0 Å². The van der Waals surface area contributed by atoms with Crippen LogP contribution in [0.2, 0.25) is 0 Å². The zero-order valence-corrected chi connectivity index (χ0v) is 9.41. The summed E-state index contributed by atoms with van der Waals surface area (Å²) in [4.78, 5) is 15.8. The Morgan fingerprint density at radius 3 is 2.60 bits per heavy atom. The Morgan fingerprint density at radius 2 is 1.93 bits per heavy atom. The highest BCUT2D eigenvalue weighted by atomic mass is 15.0. The fourth-order valence-electron chi connectivity index (χ4n) is 1.81. The number of nitrogens with one attached hydrogen (secondary N) is 1. The lowest BCUT2D eigenvalue weighted by Gasteiger charge is -2.25. The molecule has 0 spiro atoms. The maximum atomic E-state index is 4.41. The van der Waals surface area contributed by atoms with Gasteiger partial charge in [-0.15, -0.1) is 0 Å². The van der Waals surface area contributed by atoms with Crippen molar-refractivity contribution in [1.82, 2.24) is 19.9 Å². The second-order valence-corrected chi connectivity index (χ2v) is 4.09. The molecule has 0 saturated heterocycles. The molecule has 0 aliphatic carbocycles. The lowest BCUT2D eigenvalue weighted by molar-refractivity contribution is 0.429. The fraction of sp³-hybridized carbons (Fsp3) is 0.545. The minimum Gasteiger partial charge on any atom is -0.342 e. The van der Waals surface area contributed by atoms with Crippen LogP contribution in [-0.2, 0) is 5.41 Å². The Bertz CT molecular complexity index is 456. The SMILES string of the molecule is CCC(C)(CC)c1ncnc2nc[nH]c12. The van der Waals surface area contributed by atoms with Crippen molar-refractivity contribution in [3.8, 4) is 0 Å². The Morgan fingerprint density at radius 1 is 1.20 bits per heavy atom. The van der Waals surface area contributed by atoms with Gasteiger partial charge in [0.05, 0.1) is 12.0 Å². The third kappa shape index (κ3) is 1.50. The summed E-state index contributed by atoms with van der Waals surface area (Å²) < 4.78 is 0. The van der Waals surface area contributed by atoms with Crippen LogP contribution in [0.25, 0.3) is 11.2 Å². The number of hydrogen-bond donors (Lipinski definition) is 1. The van der Waals surface area contributed by atoms with E-state index in [-0.39, 0.29) is 5.41 Å². The maximum absolute atomic E-state index is 4.41. The van der Waals surface area contributed by atoms with Crippen LogP contribution in [0, 0.1) is 0 Å². The summed E-state index contributed by atoms with van der Waals surface area (Å²) in [5, 5.41) is 0. The normalized spacial score (nSPS) is 12.2. The van der Waals surface area contributed by atoms with E-state index in [0.717, 1.165) is 29.7 Å². The van der Waals surface area contributed by atoms with Crippen molar-refractivity contribution < 1.29 is 0 Å². The van der Waals surface area contributed by atoms with Crippen molar-refractivity contribution in [2.24, 2.45) is 0 Å². The van der Waals surface area contributed by atoms with Gasteiger partial charge in [0.1, 0.15) is 11.8 Å². The molecular weight excluding hydrogens is 188 g/mol. The lowest BCUT2D eigenvalue weighted by atomic mass is 9.81. The Hall–Kier alpha value is -1.45. The van der Waals surface area contributed by atoms with Crippen LogP contribution in [0.4, 0.5) is 0 Å². The van der Waals surface area contributed by atoms with Crippen LogP contribution < -0.4 is 0 Å². The van der Waals surface area contributed by atoms with E-state index in [9.17, 15) is 0 Å². The first-order chi connectivity index (χ1) is 7.21. The molecule has 0 atom stereocenters. The molecule has 4 nitrogen and oxygen atoms in total. The van der Waals surface area contributed by atoms with Gasteiger partial charge in [-0.1, -0.05) is 20.8 Å². The molecule has 2 heterocycles. The average molecular weight is 204 g/mol. The summed E-state index contributed by atoms with van der Waals surface area (Å²) in [6, 6.07) is 0. The number of aromatic nitrogens is 4. The highest BCUT2D eigenvalue weighted by Crippen LogP contribution is 2.32. The predicted molar refractivity (Wildman–Crippen MR) is 59.6 cm³/mol.